The molecule has 16 heteroatoms. The Kier molecular flexibility index (Phi) is 9.69. The van der Waals surface area contributed by atoms with Crippen molar-refractivity contribution in [2.75, 3.05) is 54.9 Å². The highest BCUT2D eigenvalue weighted by Gasteiger charge is 2.46. The summed E-state index contributed by atoms with van der Waals surface area (Å²) in [4.78, 5) is 17.5. The van der Waals surface area contributed by atoms with Crippen molar-refractivity contribution in [3.63, 3.8) is 0 Å². The third-order valence-corrected chi connectivity index (χ3v) is 9.78. The topological polar surface area (TPSA) is 144 Å². The Morgan fingerprint density at radius 3 is 2.26 bits per heavy atom. The van der Waals surface area contributed by atoms with Crippen LogP contribution < -0.4 is 26.0 Å². The quantitative estimate of drug-likeness (QED) is 0.205. The molecule has 3 atom stereocenters. The summed E-state index contributed by atoms with van der Waals surface area (Å²) in [5.41, 5.74) is 9.47. The van der Waals surface area contributed by atoms with Gasteiger partial charge in [-0.2, -0.15) is 5.10 Å². The predicted molar refractivity (Wildman–Crippen MR) is 190 cm³/mol. The van der Waals surface area contributed by atoms with E-state index < -0.39 is 11.9 Å². The molecule has 0 saturated carbocycles. The number of hydrogen-bond acceptors (Lipinski definition) is 11. The molecule has 0 radical (unpaired) electrons. The molecule has 50 heavy (non-hydrogen) atoms. The molecule has 2 aliphatic heterocycles. The van der Waals surface area contributed by atoms with E-state index in [-0.39, 0.29) is 37.4 Å². The van der Waals surface area contributed by atoms with Gasteiger partial charge < -0.3 is 29.7 Å². The predicted octanol–water partition coefficient (Wildman–Crippen LogP) is 4.55. The van der Waals surface area contributed by atoms with E-state index in [1.54, 1.807) is 29.1 Å². The first kappa shape index (κ1) is 33.8. The molecule has 5 aromatic rings. The van der Waals surface area contributed by atoms with Gasteiger partial charge in [-0.1, -0.05) is 41.3 Å². The number of tetrazole rings is 1. The highest BCUT2D eigenvalue weighted by atomic mass is 35.5. The van der Waals surface area contributed by atoms with Gasteiger partial charge in [-0.15, -0.1) is 0 Å². The number of rotatable bonds is 11. The van der Waals surface area contributed by atoms with Crippen LogP contribution in [0, 0.1) is 0 Å². The van der Waals surface area contributed by atoms with Crippen molar-refractivity contribution in [1.29, 1.82) is 0 Å². The minimum absolute atomic E-state index is 0.0592. The van der Waals surface area contributed by atoms with Gasteiger partial charge in [0.1, 0.15) is 31.3 Å². The zero-order valence-corrected chi connectivity index (χ0v) is 29.2. The Labute approximate surface area is 298 Å². The van der Waals surface area contributed by atoms with E-state index in [0.717, 1.165) is 55.4 Å². The van der Waals surface area contributed by atoms with E-state index in [2.05, 4.69) is 54.7 Å². The molecule has 4 heterocycles. The van der Waals surface area contributed by atoms with E-state index in [1.165, 1.54) is 9.36 Å². The summed E-state index contributed by atoms with van der Waals surface area (Å²) >= 11 is 12.7. The van der Waals surface area contributed by atoms with Crippen LogP contribution in [-0.2, 0) is 21.8 Å². The number of anilines is 3. The molecule has 2 saturated heterocycles. The summed E-state index contributed by atoms with van der Waals surface area (Å²) < 4.78 is 23.3. The second-order valence-electron chi connectivity index (χ2n) is 12.4. The standard InChI is InChI=1S/C34H38Cl2N10O4/c1-3-23(2)46-33(47)44(22-38-46)27-7-5-25(6-8-27)42-14-16-43(17-15-42)26-9-11-28(12-10-26)48-19-29-20-49-34(50-29,21-45-32(37)39-40-41-45)30-13-4-24(35)18-31(30)36/h4-13,18,22-23,29H,3,14-17,19-21H2,1-2H3,(H2,37,39,41)/t23?,29-,34-/m1/s1. The summed E-state index contributed by atoms with van der Waals surface area (Å²) in [6.07, 6.45) is 2.04. The fourth-order valence-electron chi connectivity index (χ4n) is 6.23. The van der Waals surface area contributed by atoms with Gasteiger partial charge in [-0.05, 0) is 84.4 Å². The van der Waals surface area contributed by atoms with Crippen LogP contribution in [0.2, 0.25) is 10.0 Å². The summed E-state index contributed by atoms with van der Waals surface area (Å²) in [6.45, 7) is 8.13. The van der Waals surface area contributed by atoms with Gasteiger partial charge in [-0.25, -0.2) is 18.7 Å². The highest BCUT2D eigenvalue weighted by molar-refractivity contribution is 6.35. The van der Waals surface area contributed by atoms with E-state index in [4.69, 9.17) is 43.1 Å². The zero-order chi connectivity index (χ0) is 34.8. The Morgan fingerprint density at radius 2 is 1.64 bits per heavy atom. The molecule has 2 aliphatic rings. The third kappa shape index (κ3) is 6.88. The van der Waals surface area contributed by atoms with Crippen LogP contribution in [0.25, 0.3) is 5.69 Å². The Morgan fingerprint density at radius 1 is 0.980 bits per heavy atom. The molecule has 0 aliphatic carbocycles. The Bertz CT molecular complexity index is 1970. The van der Waals surface area contributed by atoms with Gasteiger partial charge in [0.05, 0.1) is 23.4 Å². The largest absolute Gasteiger partial charge is 0.491 e. The zero-order valence-electron chi connectivity index (χ0n) is 27.7. The maximum absolute atomic E-state index is 12.8. The highest BCUT2D eigenvalue weighted by Crippen LogP contribution is 2.41. The van der Waals surface area contributed by atoms with Gasteiger partial charge in [0.15, 0.2) is 0 Å². The van der Waals surface area contributed by atoms with Crippen LogP contribution in [0.4, 0.5) is 17.3 Å². The van der Waals surface area contributed by atoms with Gasteiger partial charge >= 0.3 is 5.69 Å². The van der Waals surface area contributed by atoms with Crippen molar-refractivity contribution in [2.45, 2.75) is 44.7 Å². The number of benzene rings is 3. The fourth-order valence-corrected chi connectivity index (χ4v) is 6.79. The van der Waals surface area contributed by atoms with Crippen molar-refractivity contribution >= 4 is 40.5 Å². The lowest BCUT2D eigenvalue weighted by Gasteiger charge is -2.37. The van der Waals surface area contributed by atoms with Crippen molar-refractivity contribution < 1.29 is 14.2 Å². The Hall–Kier alpha value is -4.63. The average Bonchev–Trinajstić information content (AvgIpc) is 3.86. The molecule has 0 amide bonds. The molecule has 14 nitrogen and oxygen atoms in total. The summed E-state index contributed by atoms with van der Waals surface area (Å²) in [5, 5.41) is 16.5. The smallest absolute Gasteiger partial charge is 0.350 e. The number of nitrogens with zero attached hydrogens (tertiary/aromatic N) is 9. The number of halogens is 2. The second-order valence-corrected chi connectivity index (χ2v) is 13.2. The first-order valence-electron chi connectivity index (χ1n) is 16.5. The molecule has 2 aromatic heterocycles. The number of ether oxygens (including phenoxy) is 3. The van der Waals surface area contributed by atoms with E-state index >= 15 is 0 Å². The summed E-state index contributed by atoms with van der Waals surface area (Å²) in [5.74, 6) is -0.446. The van der Waals surface area contributed by atoms with Crippen LogP contribution in [0.5, 0.6) is 5.75 Å². The molecule has 1 unspecified atom stereocenters. The SMILES string of the molecule is CCC(C)n1ncn(-c2ccc(N3CCN(c4ccc(OC[C@@H]5CO[C@@](Cn6nnnc6N)(c6ccc(Cl)cc6Cl)O5)cc4)CC3)cc2)c1=O. The monoisotopic (exact) mass is 720 g/mol. The van der Waals surface area contributed by atoms with Crippen molar-refractivity contribution in [1.82, 2.24) is 34.6 Å². The lowest BCUT2D eigenvalue weighted by Crippen LogP contribution is -2.46. The first-order chi connectivity index (χ1) is 24.2. The Balaban J connectivity index is 0.932. The molecule has 262 valence electrons. The molecule has 3 aromatic carbocycles. The average molecular weight is 722 g/mol. The number of nitrogen functional groups attached to an aromatic ring is 1. The van der Waals surface area contributed by atoms with Crippen LogP contribution >= 0.6 is 23.2 Å². The lowest BCUT2D eigenvalue weighted by molar-refractivity contribution is -0.190. The second kappa shape index (κ2) is 14.3. The maximum Gasteiger partial charge on any atom is 0.350 e. The molecular formula is C34H38Cl2N10O4. The van der Waals surface area contributed by atoms with Gasteiger partial charge in [0, 0.05) is 48.1 Å². The van der Waals surface area contributed by atoms with Crippen LogP contribution in [0.15, 0.2) is 77.9 Å². The molecule has 2 fully saturated rings. The number of hydrogen-bond donors (Lipinski definition) is 1. The number of nitrogens with two attached hydrogens (primary N) is 1. The molecule has 0 spiro atoms. The van der Waals surface area contributed by atoms with E-state index in [9.17, 15) is 4.79 Å². The first-order valence-corrected chi connectivity index (χ1v) is 17.3. The van der Waals surface area contributed by atoms with Crippen molar-refractivity contribution in [3.8, 4) is 11.4 Å². The molecule has 0 bridgehead atoms. The normalized spacial score (nSPS) is 20.0. The molecule has 2 N–H and O–H groups in total. The molecule has 7 rings (SSSR count). The van der Waals surface area contributed by atoms with E-state index in [1.807, 2.05) is 38.1 Å². The van der Waals surface area contributed by atoms with Crippen LogP contribution in [0.1, 0.15) is 31.9 Å². The van der Waals surface area contributed by atoms with Crippen molar-refractivity contribution in [3.05, 3.63) is 99.2 Å². The lowest BCUT2D eigenvalue weighted by atomic mass is 10.1. The van der Waals surface area contributed by atoms with E-state index in [0.29, 0.717) is 15.6 Å². The number of aromatic nitrogens is 7. The van der Waals surface area contributed by atoms with Gasteiger partial charge in [-0.3, -0.25) is 0 Å². The van der Waals surface area contributed by atoms with Gasteiger partial charge in [0.25, 0.3) is 0 Å². The third-order valence-electron chi connectivity index (χ3n) is 9.23. The van der Waals surface area contributed by atoms with Crippen LogP contribution in [-0.4, -0.2) is 80.1 Å². The maximum atomic E-state index is 12.8. The summed E-state index contributed by atoms with van der Waals surface area (Å²) in [6, 6.07) is 21.3. The van der Waals surface area contributed by atoms with Gasteiger partial charge in [0.2, 0.25) is 11.7 Å². The van der Waals surface area contributed by atoms with Crippen molar-refractivity contribution in [2.24, 2.45) is 0 Å². The minimum Gasteiger partial charge on any atom is -0.491 e. The minimum atomic E-state index is -1.29. The fraction of sp³-hybridized carbons (Fsp3) is 0.382. The van der Waals surface area contributed by atoms with Crippen LogP contribution in [0.3, 0.4) is 0 Å². The summed E-state index contributed by atoms with van der Waals surface area (Å²) in [7, 11) is 0. The molecular weight excluding hydrogens is 683 g/mol. The number of piperazine rings is 1.